The molecule has 3 rings (SSSR count). The zero-order chi connectivity index (χ0) is 16.9. The Morgan fingerprint density at radius 2 is 2.12 bits per heavy atom. The summed E-state index contributed by atoms with van der Waals surface area (Å²) >= 11 is 0. The summed E-state index contributed by atoms with van der Waals surface area (Å²) in [6.07, 6.45) is 2.59. The normalized spacial score (nSPS) is 16.6. The van der Waals surface area contributed by atoms with Crippen LogP contribution in [0.4, 0.5) is 11.4 Å². The second kappa shape index (κ2) is 7.18. The molecule has 1 fully saturated rings. The maximum absolute atomic E-state index is 12.1. The van der Waals surface area contributed by atoms with E-state index >= 15 is 0 Å². The van der Waals surface area contributed by atoms with Crippen molar-refractivity contribution >= 4 is 23.2 Å². The van der Waals surface area contributed by atoms with Crippen molar-refractivity contribution in [2.24, 2.45) is 0 Å². The lowest BCUT2D eigenvalue weighted by atomic mass is 10.2. The highest BCUT2D eigenvalue weighted by Crippen LogP contribution is 2.29. The van der Waals surface area contributed by atoms with E-state index in [-0.39, 0.29) is 11.7 Å². The van der Waals surface area contributed by atoms with Gasteiger partial charge in [0.05, 0.1) is 19.1 Å². The van der Waals surface area contributed by atoms with E-state index in [1.807, 2.05) is 0 Å². The van der Waals surface area contributed by atoms with E-state index in [0.717, 1.165) is 6.42 Å². The molecule has 1 aromatic heterocycles. The molecule has 7 nitrogen and oxygen atoms in total. The van der Waals surface area contributed by atoms with E-state index in [2.05, 4.69) is 10.6 Å². The van der Waals surface area contributed by atoms with Crippen LogP contribution in [-0.4, -0.2) is 31.6 Å². The molecule has 7 heteroatoms. The van der Waals surface area contributed by atoms with Crippen molar-refractivity contribution in [3.63, 3.8) is 0 Å². The van der Waals surface area contributed by atoms with Gasteiger partial charge in [0.15, 0.2) is 5.76 Å². The molecule has 0 saturated carbocycles. The zero-order valence-electron chi connectivity index (χ0n) is 13.2. The summed E-state index contributed by atoms with van der Waals surface area (Å²) in [4.78, 5) is 24.2. The Balaban J connectivity index is 1.75. The van der Waals surface area contributed by atoms with E-state index in [4.69, 9.17) is 13.9 Å². The first-order valence-corrected chi connectivity index (χ1v) is 7.63. The molecular weight excluding hydrogens is 312 g/mol. The Hall–Kier alpha value is -2.80. The Morgan fingerprint density at radius 1 is 1.25 bits per heavy atom. The molecule has 2 heterocycles. The highest BCUT2D eigenvalue weighted by atomic mass is 16.5. The number of carbonyl (C=O) groups is 2. The van der Waals surface area contributed by atoms with Gasteiger partial charge < -0.3 is 24.5 Å². The summed E-state index contributed by atoms with van der Waals surface area (Å²) in [5, 5.41) is 5.50. The fourth-order valence-corrected chi connectivity index (χ4v) is 2.48. The molecule has 1 atom stereocenters. The van der Waals surface area contributed by atoms with Gasteiger partial charge in [0.1, 0.15) is 11.9 Å². The third-order valence-corrected chi connectivity index (χ3v) is 3.68. The average Bonchev–Trinajstić information content (AvgIpc) is 3.28. The van der Waals surface area contributed by atoms with Gasteiger partial charge in [-0.05, 0) is 43.2 Å². The van der Waals surface area contributed by atoms with Crippen LogP contribution in [0.5, 0.6) is 5.75 Å². The van der Waals surface area contributed by atoms with Crippen molar-refractivity contribution in [3.05, 3.63) is 42.4 Å². The predicted molar refractivity (Wildman–Crippen MR) is 87.3 cm³/mol. The van der Waals surface area contributed by atoms with Gasteiger partial charge in [-0.15, -0.1) is 0 Å². The first kappa shape index (κ1) is 16.1. The molecule has 0 aliphatic carbocycles. The minimum Gasteiger partial charge on any atom is -0.495 e. The molecule has 1 aromatic carbocycles. The second-order valence-corrected chi connectivity index (χ2v) is 5.34. The number of rotatable bonds is 5. The van der Waals surface area contributed by atoms with Gasteiger partial charge in [-0.2, -0.15) is 0 Å². The molecule has 1 aliphatic heterocycles. The first-order chi connectivity index (χ1) is 11.7. The molecule has 2 amide bonds. The summed E-state index contributed by atoms with van der Waals surface area (Å²) in [5.74, 6) is 0.0674. The third-order valence-electron chi connectivity index (χ3n) is 3.68. The van der Waals surface area contributed by atoms with Crippen LogP contribution in [0, 0.1) is 0 Å². The predicted octanol–water partition coefficient (Wildman–Crippen LogP) is 2.66. The number of amides is 2. The molecule has 1 unspecified atom stereocenters. The van der Waals surface area contributed by atoms with Crippen LogP contribution in [0.1, 0.15) is 23.4 Å². The van der Waals surface area contributed by atoms with E-state index in [1.54, 1.807) is 30.3 Å². The Bertz CT molecular complexity index is 721. The van der Waals surface area contributed by atoms with E-state index in [0.29, 0.717) is 30.2 Å². The lowest BCUT2D eigenvalue weighted by Crippen LogP contribution is -2.26. The van der Waals surface area contributed by atoms with Gasteiger partial charge >= 0.3 is 0 Å². The molecular formula is C17H18N2O5. The molecule has 0 radical (unpaired) electrons. The van der Waals surface area contributed by atoms with Crippen LogP contribution < -0.4 is 15.4 Å². The lowest BCUT2D eigenvalue weighted by molar-refractivity contribution is -0.124. The average molecular weight is 330 g/mol. The fraction of sp³-hybridized carbons (Fsp3) is 0.294. The molecule has 2 N–H and O–H groups in total. The van der Waals surface area contributed by atoms with E-state index in [9.17, 15) is 9.59 Å². The van der Waals surface area contributed by atoms with Crippen LogP contribution in [0.2, 0.25) is 0 Å². The topological polar surface area (TPSA) is 89.8 Å². The summed E-state index contributed by atoms with van der Waals surface area (Å²) in [7, 11) is 1.50. The molecule has 0 bridgehead atoms. The molecule has 24 heavy (non-hydrogen) atoms. The van der Waals surface area contributed by atoms with Crippen LogP contribution in [0.3, 0.4) is 0 Å². The van der Waals surface area contributed by atoms with E-state index < -0.39 is 12.0 Å². The Labute approximate surface area is 138 Å². The van der Waals surface area contributed by atoms with Crippen LogP contribution in [0.15, 0.2) is 41.0 Å². The molecule has 2 aromatic rings. The maximum Gasteiger partial charge on any atom is 0.291 e. The monoisotopic (exact) mass is 330 g/mol. The molecule has 1 aliphatic rings. The number of methoxy groups -OCH3 is 1. The van der Waals surface area contributed by atoms with Crippen molar-refractivity contribution in [1.82, 2.24) is 0 Å². The van der Waals surface area contributed by atoms with E-state index in [1.165, 1.54) is 13.4 Å². The van der Waals surface area contributed by atoms with Gasteiger partial charge in [-0.3, -0.25) is 9.59 Å². The van der Waals surface area contributed by atoms with Crippen molar-refractivity contribution in [1.29, 1.82) is 0 Å². The van der Waals surface area contributed by atoms with Crippen molar-refractivity contribution < 1.29 is 23.5 Å². The highest BCUT2D eigenvalue weighted by Gasteiger charge is 2.23. The number of nitrogens with one attached hydrogen (secondary N) is 2. The number of ether oxygens (including phenoxy) is 2. The minimum atomic E-state index is -0.423. The summed E-state index contributed by atoms with van der Waals surface area (Å²) in [5.41, 5.74) is 0.982. The molecule has 0 spiro atoms. The second-order valence-electron chi connectivity index (χ2n) is 5.34. The van der Waals surface area contributed by atoms with Gasteiger partial charge in [0, 0.05) is 12.3 Å². The number of carbonyl (C=O) groups excluding carboxylic acids is 2. The molecule has 126 valence electrons. The van der Waals surface area contributed by atoms with Crippen LogP contribution in [0.25, 0.3) is 0 Å². The quantitative estimate of drug-likeness (QED) is 0.879. The third kappa shape index (κ3) is 3.57. The smallest absolute Gasteiger partial charge is 0.291 e. The van der Waals surface area contributed by atoms with Gasteiger partial charge in [-0.25, -0.2) is 0 Å². The minimum absolute atomic E-state index is 0.186. The number of benzene rings is 1. The summed E-state index contributed by atoms with van der Waals surface area (Å²) in [6, 6.07) is 8.19. The van der Waals surface area contributed by atoms with Crippen molar-refractivity contribution in [3.8, 4) is 5.75 Å². The zero-order valence-corrected chi connectivity index (χ0v) is 13.2. The van der Waals surface area contributed by atoms with Crippen molar-refractivity contribution in [2.75, 3.05) is 24.4 Å². The van der Waals surface area contributed by atoms with Crippen LogP contribution in [-0.2, 0) is 9.53 Å². The largest absolute Gasteiger partial charge is 0.495 e. The number of anilines is 2. The van der Waals surface area contributed by atoms with Gasteiger partial charge in [-0.1, -0.05) is 0 Å². The fourth-order valence-electron chi connectivity index (χ4n) is 2.48. The Morgan fingerprint density at radius 3 is 2.79 bits per heavy atom. The first-order valence-electron chi connectivity index (χ1n) is 7.63. The number of hydrogen-bond acceptors (Lipinski definition) is 5. The molecule has 1 saturated heterocycles. The lowest BCUT2D eigenvalue weighted by Gasteiger charge is -2.14. The number of furan rings is 1. The SMILES string of the molecule is COc1ccc(NC(=O)C2CCCO2)cc1NC(=O)c1ccco1. The van der Waals surface area contributed by atoms with Gasteiger partial charge in [0.25, 0.3) is 11.8 Å². The van der Waals surface area contributed by atoms with Gasteiger partial charge in [0.2, 0.25) is 0 Å². The summed E-state index contributed by atoms with van der Waals surface area (Å²) in [6.45, 7) is 0.602. The summed E-state index contributed by atoms with van der Waals surface area (Å²) < 4.78 is 15.7. The Kier molecular flexibility index (Phi) is 4.81. The standard InChI is InChI=1S/C17H18N2O5/c1-22-13-7-6-11(18-16(20)14-4-2-8-23-14)10-12(13)19-17(21)15-5-3-9-24-15/h3,5-7,9-10,14H,2,4,8H2,1H3,(H,18,20)(H,19,21). The van der Waals surface area contributed by atoms with Crippen LogP contribution >= 0.6 is 0 Å². The highest BCUT2D eigenvalue weighted by molar-refractivity contribution is 6.04. The maximum atomic E-state index is 12.1. The number of hydrogen-bond donors (Lipinski definition) is 2. The van der Waals surface area contributed by atoms with Crippen molar-refractivity contribution in [2.45, 2.75) is 18.9 Å².